The molecule has 0 aliphatic heterocycles. The van der Waals surface area contributed by atoms with Gasteiger partial charge in [0.15, 0.2) is 5.69 Å². The number of hydrogen-bond acceptors (Lipinski definition) is 7. The predicted octanol–water partition coefficient (Wildman–Crippen LogP) is 6.19. The molecule has 11 heteroatoms. The highest BCUT2D eigenvalue weighted by Gasteiger charge is 2.23. The number of nitrogens with zero attached hydrogens (tertiary/aromatic N) is 5. The number of nitro groups is 1. The maximum atomic E-state index is 13.3. The third-order valence-electron chi connectivity index (χ3n) is 4.85. The second kappa shape index (κ2) is 9.42. The standard InChI is InChI=1S/C21H15Br2N5O4/c1-11-15(10-24)20(29)27(12(2)13-6-4-3-5-7-13)21(30)18(11)25-26-19-16(22)8-14(28(31)32)9-17(19)23/h3-9,12,29H,1-2H3. The van der Waals surface area contributed by atoms with Crippen molar-refractivity contribution in [3.05, 3.63) is 88.6 Å². The fourth-order valence-corrected chi connectivity index (χ4v) is 4.44. The van der Waals surface area contributed by atoms with Crippen LogP contribution in [0.25, 0.3) is 0 Å². The van der Waals surface area contributed by atoms with E-state index in [0.717, 1.165) is 10.1 Å². The summed E-state index contributed by atoms with van der Waals surface area (Å²) in [6.07, 6.45) is 0. The number of aromatic nitrogens is 1. The van der Waals surface area contributed by atoms with Crippen LogP contribution in [0.1, 0.15) is 29.7 Å². The molecule has 9 nitrogen and oxygen atoms in total. The van der Waals surface area contributed by atoms with E-state index in [1.165, 1.54) is 19.1 Å². The van der Waals surface area contributed by atoms with Crippen LogP contribution in [0.2, 0.25) is 0 Å². The minimum atomic E-state index is -0.631. The van der Waals surface area contributed by atoms with Crippen LogP contribution in [0.5, 0.6) is 5.88 Å². The minimum absolute atomic E-state index is 0.0943. The number of rotatable bonds is 5. The Morgan fingerprint density at radius 2 is 1.72 bits per heavy atom. The number of halogens is 2. The SMILES string of the molecule is Cc1c(C#N)c(O)n(C(C)c2ccccc2)c(=O)c1N=Nc1c(Br)cc([N+](=O)[O-])cc1Br. The molecular formula is C21H15Br2N5O4. The van der Waals surface area contributed by atoms with Crippen molar-refractivity contribution in [1.29, 1.82) is 5.26 Å². The molecule has 1 aromatic heterocycles. The Morgan fingerprint density at radius 1 is 1.16 bits per heavy atom. The largest absolute Gasteiger partial charge is 0.493 e. The molecule has 0 spiro atoms. The van der Waals surface area contributed by atoms with Crippen LogP contribution in [-0.4, -0.2) is 14.6 Å². The molecule has 0 aliphatic carbocycles. The summed E-state index contributed by atoms with van der Waals surface area (Å²) >= 11 is 6.44. The van der Waals surface area contributed by atoms with E-state index in [1.807, 2.05) is 12.1 Å². The normalized spacial score (nSPS) is 12.0. The molecule has 32 heavy (non-hydrogen) atoms. The summed E-state index contributed by atoms with van der Waals surface area (Å²) in [5.41, 5.74) is 0.138. The number of hydrogen-bond donors (Lipinski definition) is 1. The van der Waals surface area contributed by atoms with Gasteiger partial charge < -0.3 is 5.11 Å². The van der Waals surface area contributed by atoms with E-state index >= 15 is 0 Å². The third-order valence-corrected chi connectivity index (χ3v) is 6.06. The van der Waals surface area contributed by atoms with Crippen molar-refractivity contribution < 1.29 is 10.0 Å². The Labute approximate surface area is 199 Å². The first-order valence-corrected chi connectivity index (χ1v) is 10.7. The van der Waals surface area contributed by atoms with E-state index in [1.54, 1.807) is 31.2 Å². The van der Waals surface area contributed by atoms with Crippen LogP contribution in [0, 0.1) is 28.4 Å². The molecule has 3 aromatic rings. The number of benzene rings is 2. The molecule has 1 atom stereocenters. The average Bonchev–Trinajstić information content (AvgIpc) is 2.75. The molecule has 0 saturated carbocycles. The Balaban J connectivity index is 2.19. The van der Waals surface area contributed by atoms with Gasteiger partial charge in [-0.15, -0.1) is 10.2 Å². The number of pyridine rings is 1. The van der Waals surface area contributed by atoms with E-state index < -0.39 is 22.4 Å². The monoisotopic (exact) mass is 559 g/mol. The molecule has 2 aromatic carbocycles. The van der Waals surface area contributed by atoms with Gasteiger partial charge in [-0.25, -0.2) is 0 Å². The summed E-state index contributed by atoms with van der Waals surface area (Å²) in [7, 11) is 0. The highest BCUT2D eigenvalue weighted by molar-refractivity contribution is 9.11. The lowest BCUT2D eigenvalue weighted by molar-refractivity contribution is -0.385. The topological polar surface area (TPSA) is 134 Å². The first-order chi connectivity index (χ1) is 15.2. The maximum Gasteiger partial charge on any atom is 0.282 e. The van der Waals surface area contributed by atoms with Crippen LogP contribution >= 0.6 is 31.9 Å². The first kappa shape index (κ1) is 23.3. The van der Waals surface area contributed by atoms with Crippen molar-refractivity contribution in [3.8, 4) is 11.9 Å². The molecule has 0 amide bonds. The maximum absolute atomic E-state index is 13.3. The van der Waals surface area contributed by atoms with Gasteiger partial charge in [-0.05, 0) is 51.3 Å². The summed E-state index contributed by atoms with van der Waals surface area (Å²) in [6.45, 7) is 3.21. The molecule has 0 fully saturated rings. The van der Waals surface area contributed by atoms with Crippen LogP contribution in [0.3, 0.4) is 0 Å². The van der Waals surface area contributed by atoms with Gasteiger partial charge in [-0.2, -0.15) is 5.26 Å². The predicted molar refractivity (Wildman–Crippen MR) is 125 cm³/mol. The number of non-ortho nitro benzene ring substituents is 1. The van der Waals surface area contributed by atoms with Gasteiger partial charge in [-0.3, -0.25) is 19.5 Å². The Hall–Kier alpha value is -3.36. The van der Waals surface area contributed by atoms with Crippen molar-refractivity contribution in [1.82, 2.24) is 4.57 Å². The molecule has 0 saturated heterocycles. The minimum Gasteiger partial charge on any atom is -0.493 e. The van der Waals surface area contributed by atoms with Crippen LogP contribution < -0.4 is 5.56 Å². The highest BCUT2D eigenvalue weighted by atomic mass is 79.9. The first-order valence-electron chi connectivity index (χ1n) is 9.15. The molecule has 3 rings (SSSR count). The van der Waals surface area contributed by atoms with Crippen molar-refractivity contribution in [2.24, 2.45) is 10.2 Å². The number of nitro benzene ring substituents is 1. The molecule has 0 bridgehead atoms. The average molecular weight is 561 g/mol. The molecule has 1 unspecified atom stereocenters. The highest BCUT2D eigenvalue weighted by Crippen LogP contribution is 2.38. The zero-order valence-electron chi connectivity index (χ0n) is 16.8. The molecule has 0 aliphatic rings. The second-order valence-electron chi connectivity index (χ2n) is 6.76. The Bertz CT molecular complexity index is 1320. The van der Waals surface area contributed by atoms with Crippen LogP contribution in [0.4, 0.5) is 17.1 Å². The summed E-state index contributed by atoms with van der Waals surface area (Å²) in [5, 5.41) is 39.4. The quantitative estimate of drug-likeness (QED) is 0.225. The summed E-state index contributed by atoms with van der Waals surface area (Å²) < 4.78 is 1.67. The molecule has 0 radical (unpaired) electrons. The van der Waals surface area contributed by atoms with Crippen LogP contribution in [0.15, 0.2) is 66.4 Å². The van der Waals surface area contributed by atoms with Gasteiger partial charge in [0, 0.05) is 17.7 Å². The fourth-order valence-electron chi connectivity index (χ4n) is 3.12. The van der Waals surface area contributed by atoms with Gasteiger partial charge in [0.05, 0.1) is 19.9 Å². The van der Waals surface area contributed by atoms with Crippen molar-refractivity contribution >= 4 is 48.9 Å². The van der Waals surface area contributed by atoms with E-state index in [0.29, 0.717) is 0 Å². The van der Waals surface area contributed by atoms with Gasteiger partial charge >= 0.3 is 0 Å². The lowest BCUT2D eigenvalue weighted by Crippen LogP contribution is -2.25. The Morgan fingerprint density at radius 3 is 2.25 bits per heavy atom. The van der Waals surface area contributed by atoms with Gasteiger partial charge in [0.25, 0.3) is 11.2 Å². The zero-order chi connectivity index (χ0) is 23.6. The molecule has 1 heterocycles. The summed E-state index contributed by atoms with van der Waals surface area (Å²) in [6, 6.07) is 12.9. The van der Waals surface area contributed by atoms with Crippen molar-refractivity contribution in [2.45, 2.75) is 19.9 Å². The fraction of sp³-hybridized carbons (Fsp3) is 0.143. The lowest BCUT2D eigenvalue weighted by Gasteiger charge is -2.19. The van der Waals surface area contributed by atoms with Crippen molar-refractivity contribution in [3.63, 3.8) is 0 Å². The number of aromatic hydroxyl groups is 1. The van der Waals surface area contributed by atoms with E-state index in [4.69, 9.17) is 0 Å². The smallest absolute Gasteiger partial charge is 0.282 e. The third kappa shape index (κ3) is 4.32. The summed E-state index contributed by atoms with van der Waals surface area (Å²) in [4.78, 5) is 23.7. The molecular weight excluding hydrogens is 546 g/mol. The second-order valence-corrected chi connectivity index (χ2v) is 8.47. The number of nitriles is 1. The van der Waals surface area contributed by atoms with Gasteiger partial charge in [-0.1, -0.05) is 30.3 Å². The zero-order valence-corrected chi connectivity index (χ0v) is 20.0. The lowest BCUT2D eigenvalue weighted by atomic mass is 10.1. The van der Waals surface area contributed by atoms with Gasteiger partial charge in [0.2, 0.25) is 5.88 Å². The molecule has 1 N–H and O–H groups in total. The van der Waals surface area contributed by atoms with Crippen LogP contribution in [-0.2, 0) is 0 Å². The number of azo groups is 1. The van der Waals surface area contributed by atoms with Crippen molar-refractivity contribution in [2.75, 3.05) is 0 Å². The van der Waals surface area contributed by atoms with Gasteiger partial charge in [0.1, 0.15) is 17.3 Å². The van der Waals surface area contributed by atoms with E-state index in [-0.39, 0.29) is 37.1 Å². The molecule has 162 valence electrons. The van der Waals surface area contributed by atoms with E-state index in [2.05, 4.69) is 42.1 Å². The summed E-state index contributed by atoms with van der Waals surface area (Å²) in [5.74, 6) is -0.456. The van der Waals surface area contributed by atoms with E-state index in [9.17, 15) is 25.3 Å². The Kier molecular flexibility index (Phi) is 6.86.